The average molecular weight is 258 g/mol. The molecule has 1 nitrogen and oxygen atoms in total. The van der Waals surface area contributed by atoms with Crippen LogP contribution in [0, 0.1) is 6.92 Å². The quantitative estimate of drug-likeness (QED) is 0.341. The molecule has 96 valence electrons. The number of rotatable bonds is 0. The van der Waals surface area contributed by atoms with Crippen LogP contribution in [0.1, 0.15) is 5.56 Å². The van der Waals surface area contributed by atoms with E-state index >= 15 is 0 Å². The molecular weight excluding hydrogens is 244 g/mol. The van der Waals surface area contributed by atoms with E-state index in [9.17, 15) is 5.11 Å². The maximum absolute atomic E-state index is 9.77. The van der Waals surface area contributed by atoms with Crippen LogP contribution >= 0.6 is 0 Å². The molecular formula is C19H14O. The summed E-state index contributed by atoms with van der Waals surface area (Å²) in [5.41, 5.74) is 1.29. The summed E-state index contributed by atoms with van der Waals surface area (Å²) in [7, 11) is 0. The van der Waals surface area contributed by atoms with E-state index in [1.54, 1.807) is 6.07 Å². The van der Waals surface area contributed by atoms with Crippen LogP contribution in [0.5, 0.6) is 5.75 Å². The minimum atomic E-state index is 0.316. The fourth-order valence-corrected chi connectivity index (χ4v) is 3.08. The van der Waals surface area contributed by atoms with E-state index in [0.717, 1.165) is 10.8 Å². The van der Waals surface area contributed by atoms with Crippen LogP contribution in [0.25, 0.3) is 32.3 Å². The van der Waals surface area contributed by atoms with Crippen molar-refractivity contribution >= 4 is 32.3 Å². The molecule has 0 aliphatic rings. The first-order chi connectivity index (χ1) is 9.74. The molecule has 4 aromatic rings. The summed E-state index contributed by atoms with van der Waals surface area (Å²) < 4.78 is 0. The monoisotopic (exact) mass is 258 g/mol. The Labute approximate surface area is 117 Å². The Balaban J connectivity index is 2.30. The molecule has 0 aromatic heterocycles. The van der Waals surface area contributed by atoms with Crippen LogP contribution in [-0.2, 0) is 0 Å². The zero-order chi connectivity index (χ0) is 13.7. The number of aryl methyl sites for hydroxylation is 1. The molecule has 1 heteroatoms. The lowest BCUT2D eigenvalue weighted by Gasteiger charge is -2.10. The van der Waals surface area contributed by atoms with Gasteiger partial charge in [0, 0.05) is 0 Å². The summed E-state index contributed by atoms with van der Waals surface area (Å²) in [6, 6.07) is 20.5. The molecule has 0 unspecified atom stereocenters. The van der Waals surface area contributed by atoms with Crippen molar-refractivity contribution in [2.75, 3.05) is 0 Å². The normalized spacial score (nSPS) is 11.4. The fraction of sp³-hybridized carbons (Fsp3) is 0.0526. The summed E-state index contributed by atoms with van der Waals surface area (Å²) in [5.74, 6) is 0.316. The van der Waals surface area contributed by atoms with Gasteiger partial charge in [-0.3, -0.25) is 0 Å². The van der Waals surface area contributed by atoms with Crippen molar-refractivity contribution in [2.45, 2.75) is 6.92 Å². The van der Waals surface area contributed by atoms with Crippen molar-refractivity contribution in [1.29, 1.82) is 0 Å². The molecule has 0 spiro atoms. The van der Waals surface area contributed by atoms with Gasteiger partial charge in [-0.25, -0.2) is 0 Å². The van der Waals surface area contributed by atoms with Crippen LogP contribution < -0.4 is 0 Å². The van der Waals surface area contributed by atoms with E-state index in [-0.39, 0.29) is 0 Å². The highest BCUT2D eigenvalue weighted by atomic mass is 16.3. The molecule has 0 atom stereocenters. The van der Waals surface area contributed by atoms with Crippen molar-refractivity contribution in [3.63, 3.8) is 0 Å². The highest BCUT2D eigenvalue weighted by Gasteiger charge is 2.07. The third-order valence-electron chi connectivity index (χ3n) is 4.12. The standard InChI is InChI=1S/C19H14O/c1-12-16-5-3-2-4-14(16)10-19-17(12)9-7-13-6-8-15(20)11-18(13)19/h2-11,20H,1H3. The lowest BCUT2D eigenvalue weighted by Crippen LogP contribution is -1.84. The topological polar surface area (TPSA) is 20.2 Å². The zero-order valence-corrected chi connectivity index (χ0v) is 11.2. The van der Waals surface area contributed by atoms with E-state index in [2.05, 4.69) is 49.4 Å². The highest BCUT2D eigenvalue weighted by molar-refractivity contribution is 6.14. The summed E-state index contributed by atoms with van der Waals surface area (Å²) in [4.78, 5) is 0. The Morgan fingerprint density at radius 3 is 2.35 bits per heavy atom. The molecule has 0 heterocycles. The largest absolute Gasteiger partial charge is 0.508 e. The minimum Gasteiger partial charge on any atom is -0.508 e. The van der Waals surface area contributed by atoms with E-state index in [1.165, 1.54) is 27.1 Å². The maximum atomic E-state index is 9.77. The van der Waals surface area contributed by atoms with E-state index in [4.69, 9.17) is 0 Å². The first-order valence-electron chi connectivity index (χ1n) is 6.78. The molecule has 0 aliphatic carbocycles. The molecule has 4 aromatic carbocycles. The van der Waals surface area contributed by atoms with Gasteiger partial charge in [0.2, 0.25) is 0 Å². The zero-order valence-electron chi connectivity index (χ0n) is 11.2. The van der Waals surface area contributed by atoms with Crippen molar-refractivity contribution in [3.05, 3.63) is 66.2 Å². The van der Waals surface area contributed by atoms with Crippen LogP contribution in [0.4, 0.5) is 0 Å². The second-order valence-corrected chi connectivity index (χ2v) is 5.29. The first kappa shape index (κ1) is 11.3. The summed E-state index contributed by atoms with van der Waals surface area (Å²) in [5, 5.41) is 17.0. The molecule has 0 fully saturated rings. The number of fused-ring (bicyclic) bond motifs is 4. The Morgan fingerprint density at radius 2 is 1.45 bits per heavy atom. The van der Waals surface area contributed by atoms with E-state index in [1.807, 2.05) is 12.1 Å². The number of benzene rings is 4. The minimum absolute atomic E-state index is 0.316. The molecule has 0 saturated carbocycles. The van der Waals surface area contributed by atoms with Gasteiger partial charge in [0.25, 0.3) is 0 Å². The molecule has 0 amide bonds. The predicted octanol–water partition coefficient (Wildman–Crippen LogP) is 5.16. The van der Waals surface area contributed by atoms with Crippen LogP contribution in [0.2, 0.25) is 0 Å². The Hall–Kier alpha value is -2.54. The number of hydrogen-bond acceptors (Lipinski definition) is 1. The van der Waals surface area contributed by atoms with Crippen LogP contribution in [0.15, 0.2) is 60.7 Å². The molecule has 0 radical (unpaired) electrons. The molecule has 20 heavy (non-hydrogen) atoms. The maximum Gasteiger partial charge on any atom is 0.116 e. The summed E-state index contributed by atoms with van der Waals surface area (Å²) >= 11 is 0. The Morgan fingerprint density at radius 1 is 0.650 bits per heavy atom. The molecule has 0 bridgehead atoms. The molecule has 4 rings (SSSR count). The van der Waals surface area contributed by atoms with Crippen molar-refractivity contribution in [2.24, 2.45) is 0 Å². The number of hydrogen-bond donors (Lipinski definition) is 1. The van der Waals surface area contributed by atoms with Gasteiger partial charge in [-0.1, -0.05) is 42.5 Å². The molecule has 0 saturated heterocycles. The first-order valence-corrected chi connectivity index (χ1v) is 6.78. The van der Waals surface area contributed by atoms with Gasteiger partial charge in [0.1, 0.15) is 5.75 Å². The lowest BCUT2D eigenvalue weighted by molar-refractivity contribution is 0.476. The van der Waals surface area contributed by atoms with E-state index < -0.39 is 0 Å². The average Bonchev–Trinajstić information content (AvgIpc) is 2.47. The fourth-order valence-electron chi connectivity index (χ4n) is 3.08. The Bertz CT molecular complexity index is 967. The predicted molar refractivity (Wildman–Crippen MR) is 85.4 cm³/mol. The summed E-state index contributed by atoms with van der Waals surface area (Å²) in [6.07, 6.45) is 0. The second kappa shape index (κ2) is 3.97. The van der Waals surface area contributed by atoms with Crippen LogP contribution in [0.3, 0.4) is 0 Å². The molecule has 0 aliphatic heterocycles. The molecule has 1 N–H and O–H groups in total. The number of phenols is 1. The SMILES string of the molecule is Cc1c2ccccc2cc2c1ccc1ccc(O)cc12. The second-order valence-electron chi connectivity index (χ2n) is 5.29. The number of phenolic OH excluding ortho intramolecular Hbond substituents is 1. The third-order valence-corrected chi connectivity index (χ3v) is 4.12. The third kappa shape index (κ3) is 1.50. The Kier molecular flexibility index (Phi) is 2.25. The van der Waals surface area contributed by atoms with Gasteiger partial charge in [-0.2, -0.15) is 0 Å². The van der Waals surface area contributed by atoms with Crippen LogP contribution in [-0.4, -0.2) is 5.11 Å². The highest BCUT2D eigenvalue weighted by Crippen LogP contribution is 2.34. The lowest BCUT2D eigenvalue weighted by atomic mass is 9.94. The van der Waals surface area contributed by atoms with E-state index in [0.29, 0.717) is 5.75 Å². The van der Waals surface area contributed by atoms with Gasteiger partial charge in [0.15, 0.2) is 0 Å². The van der Waals surface area contributed by atoms with Crippen molar-refractivity contribution in [1.82, 2.24) is 0 Å². The number of aromatic hydroxyl groups is 1. The van der Waals surface area contributed by atoms with Crippen molar-refractivity contribution in [3.8, 4) is 5.75 Å². The van der Waals surface area contributed by atoms with Gasteiger partial charge in [-0.05, 0) is 63.0 Å². The van der Waals surface area contributed by atoms with Gasteiger partial charge in [-0.15, -0.1) is 0 Å². The van der Waals surface area contributed by atoms with Gasteiger partial charge in [0.05, 0.1) is 0 Å². The summed E-state index contributed by atoms with van der Waals surface area (Å²) in [6.45, 7) is 2.17. The van der Waals surface area contributed by atoms with Gasteiger partial charge < -0.3 is 5.11 Å². The smallest absolute Gasteiger partial charge is 0.116 e. The van der Waals surface area contributed by atoms with Crippen molar-refractivity contribution < 1.29 is 5.11 Å². The van der Waals surface area contributed by atoms with Gasteiger partial charge >= 0.3 is 0 Å².